The molecule has 2 rings (SSSR count). The van der Waals surface area contributed by atoms with Crippen molar-refractivity contribution in [1.82, 2.24) is 9.97 Å². The molecule has 2 N–H and O–H groups in total. The molecule has 0 aliphatic heterocycles. The van der Waals surface area contributed by atoms with E-state index in [2.05, 4.69) is 48.1 Å². The highest BCUT2D eigenvalue weighted by atomic mass is 16.3. The van der Waals surface area contributed by atoms with Gasteiger partial charge in [0, 0.05) is 30.5 Å². The fraction of sp³-hybridized carbons (Fsp3) is 0.357. The van der Waals surface area contributed by atoms with Gasteiger partial charge in [0.05, 0.1) is 0 Å². The molecule has 0 atom stereocenters. The van der Waals surface area contributed by atoms with Gasteiger partial charge in [0.2, 0.25) is 0 Å². The predicted molar refractivity (Wildman–Crippen MR) is 68.9 cm³/mol. The van der Waals surface area contributed by atoms with Gasteiger partial charge >= 0.3 is 0 Å². The third kappa shape index (κ3) is 2.74. The zero-order chi connectivity index (χ0) is 12.3. The largest absolute Gasteiger partial charge is 0.396 e. The fourth-order valence-corrected chi connectivity index (χ4v) is 1.78. The van der Waals surface area contributed by atoms with Crippen LogP contribution in [-0.4, -0.2) is 21.7 Å². The number of aromatic amines is 1. The van der Waals surface area contributed by atoms with E-state index in [9.17, 15) is 0 Å². The Morgan fingerprint density at radius 2 is 1.94 bits per heavy atom. The van der Waals surface area contributed by atoms with Gasteiger partial charge in [-0.1, -0.05) is 38.1 Å². The van der Waals surface area contributed by atoms with Crippen LogP contribution in [0.25, 0.3) is 11.4 Å². The normalized spacial score (nSPS) is 11.1. The van der Waals surface area contributed by atoms with Gasteiger partial charge in [0.1, 0.15) is 5.82 Å². The number of hydrogen-bond acceptors (Lipinski definition) is 2. The predicted octanol–water partition coefficient (Wildman–Crippen LogP) is 2.73. The molecule has 0 unspecified atom stereocenters. The van der Waals surface area contributed by atoms with Crippen LogP contribution >= 0.6 is 0 Å². The number of rotatable bonds is 4. The van der Waals surface area contributed by atoms with Gasteiger partial charge in [0.15, 0.2) is 0 Å². The second-order valence-corrected chi connectivity index (χ2v) is 4.51. The van der Waals surface area contributed by atoms with E-state index < -0.39 is 0 Å². The van der Waals surface area contributed by atoms with Gasteiger partial charge in [-0.2, -0.15) is 0 Å². The van der Waals surface area contributed by atoms with E-state index in [0.717, 1.165) is 17.1 Å². The number of hydrogen-bond donors (Lipinski definition) is 2. The molecule has 0 radical (unpaired) electrons. The van der Waals surface area contributed by atoms with E-state index in [-0.39, 0.29) is 6.61 Å². The van der Waals surface area contributed by atoms with Crippen LogP contribution < -0.4 is 0 Å². The van der Waals surface area contributed by atoms with Crippen LogP contribution in [0.1, 0.15) is 31.0 Å². The maximum absolute atomic E-state index is 8.85. The van der Waals surface area contributed by atoms with E-state index in [1.807, 2.05) is 0 Å². The van der Waals surface area contributed by atoms with Crippen LogP contribution in [0, 0.1) is 0 Å². The van der Waals surface area contributed by atoms with Crippen LogP contribution in [0.2, 0.25) is 0 Å². The highest BCUT2D eigenvalue weighted by Crippen LogP contribution is 2.20. The Morgan fingerprint density at radius 3 is 2.53 bits per heavy atom. The lowest BCUT2D eigenvalue weighted by Crippen LogP contribution is -1.90. The monoisotopic (exact) mass is 230 g/mol. The fourth-order valence-electron chi connectivity index (χ4n) is 1.78. The van der Waals surface area contributed by atoms with E-state index >= 15 is 0 Å². The van der Waals surface area contributed by atoms with Crippen molar-refractivity contribution in [2.24, 2.45) is 0 Å². The molecule has 3 heteroatoms. The molecule has 0 spiro atoms. The van der Waals surface area contributed by atoms with E-state index in [0.29, 0.717) is 12.3 Å². The average molecular weight is 230 g/mol. The Kier molecular flexibility index (Phi) is 3.59. The van der Waals surface area contributed by atoms with E-state index in [4.69, 9.17) is 5.11 Å². The number of nitrogens with one attached hydrogen (secondary N) is 1. The Bertz CT molecular complexity index is 471. The first-order valence-corrected chi connectivity index (χ1v) is 5.96. The van der Waals surface area contributed by atoms with Gasteiger partial charge in [-0.15, -0.1) is 0 Å². The average Bonchev–Trinajstić information content (AvgIpc) is 2.78. The lowest BCUT2D eigenvalue weighted by atomic mass is 10.0. The molecular weight excluding hydrogens is 212 g/mol. The second kappa shape index (κ2) is 5.15. The maximum atomic E-state index is 8.85. The van der Waals surface area contributed by atoms with Crippen molar-refractivity contribution in [1.29, 1.82) is 0 Å². The van der Waals surface area contributed by atoms with Crippen molar-refractivity contribution in [2.75, 3.05) is 6.61 Å². The molecule has 1 heterocycles. The zero-order valence-corrected chi connectivity index (χ0v) is 10.3. The molecule has 0 saturated carbocycles. The number of aliphatic hydroxyl groups is 1. The van der Waals surface area contributed by atoms with Crippen molar-refractivity contribution >= 4 is 0 Å². The topological polar surface area (TPSA) is 48.9 Å². The number of nitrogens with zero attached hydrogens (tertiary/aromatic N) is 1. The number of aromatic nitrogens is 2. The summed E-state index contributed by atoms with van der Waals surface area (Å²) in [6, 6.07) is 8.43. The lowest BCUT2D eigenvalue weighted by Gasteiger charge is -2.05. The Labute approximate surface area is 102 Å². The second-order valence-electron chi connectivity index (χ2n) is 4.51. The number of aliphatic hydroxyl groups excluding tert-OH is 1. The Morgan fingerprint density at radius 1 is 1.24 bits per heavy atom. The molecule has 0 bridgehead atoms. The highest BCUT2D eigenvalue weighted by Gasteiger charge is 2.04. The van der Waals surface area contributed by atoms with Crippen molar-refractivity contribution in [3.8, 4) is 11.4 Å². The first-order chi connectivity index (χ1) is 8.20. The molecule has 3 nitrogen and oxygen atoms in total. The molecule has 1 aromatic heterocycles. The van der Waals surface area contributed by atoms with Crippen LogP contribution in [0.3, 0.4) is 0 Å². The van der Waals surface area contributed by atoms with Gasteiger partial charge in [0.25, 0.3) is 0 Å². The minimum atomic E-state index is 0.147. The standard InChI is InChI=1S/C14H18N2O/c1-10(2)11-3-5-12(6-4-11)14-15-9-13(16-14)7-8-17/h3-6,9-10,17H,7-8H2,1-2H3,(H,15,16). The summed E-state index contributed by atoms with van der Waals surface area (Å²) < 4.78 is 0. The molecular formula is C14H18N2O. The summed E-state index contributed by atoms with van der Waals surface area (Å²) in [6.07, 6.45) is 2.40. The Balaban J connectivity index is 2.21. The van der Waals surface area contributed by atoms with Crippen molar-refractivity contribution in [3.63, 3.8) is 0 Å². The molecule has 17 heavy (non-hydrogen) atoms. The summed E-state index contributed by atoms with van der Waals surface area (Å²) in [5, 5.41) is 8.85. The smallest absolute Gasteiger partial charge is 0.137 e. The summed E-state index contributed by atoms with van der Waals surface area (Å²) in [5.41, 5.74) is 3.38. The van der Waals surface area contributed by atoms with E-state index in [1.165, 1.54) is 5.56 Å². The first kappa shape index (κ1) is 11.9. The highest BCUT2D eigenvalue weighted by molar-refractivity contribution is 5.55. The SMILES string of the molecule is CC(C)c1ccc(-c2ncc(CCO)[nH]2)cc1. The van der Waals surface area contributed by atoms with Gasteiger partial charge in [-0.25, -0.2) is 4.98 Å². The Hall–Kier alpha value is -1.61. The van der Waals surface area contributed by atoms with Gasteiger partial charge < -0.3 is 10.1 Å². The lowest BCUT2D eigenvalue weighted by molar-refractivity contribution is 0.298. The molecule has 1 aromatic carbocycles. The maximum Gasteiger partial charge on any atom is 0.137 e. The molecule has 90 valence electrons. The van der Waals surface area contributed by atoms with Crippen LogP contribution in [-0.2, 0) is 6.42 Å². The molecule has 0 aliphatic carbocycles. The summed E-state index contributed by atoms with van der Waals surface area (Å²) >= 11 is 0. The first-order valence-electron chi connectivity index (χ1n) is 5.96. The van der Waals surface area contributed by atoms with Crippen molar-refractivity contribution in [2.45, 2.75) is 26.2 Å². The molecule has 0 fully saturated rings. The van der Waals surface area contributed by atoms with Gasteiger partial charge in [-0.05, 0) is 11.5 Å². The minimum Gasteiger partial charge on any atom is -0.396 e. The van der Waals surface area contributed by atoms with E-state index in [1.54, 1.807) is 6.20 Å². The third-order valence-electron chi connectivity index (χ3n) is 2.86. The van der Waals surface area contributed by atoms with Crippen molar-refractivity contribution < 1.29 is 5.11 Å². The molecule has 0 saturated heterocycles. The summed E-state index contributed by atoms with van der Waals surface area (Å²) in [7, 11) is 0. The van der Waals surface area contributed by atoms with Crippen LogP contribution in [0.5, 0.6) is 0 Å². The van der Waals surface area contributed by atoms with Gasteiger partial charge in [-0.3, -0.25) is 0 Å². The molecule has 0 aliphatic rings. The summed E-state index contributed by atoms with van der Waals surface area (Å²) in [5.74, 6) is 1.41. The molecule has 2 aromatic rings. The number of H-pyrrole nitrogens is 1. The van der Waals surface area contributed by atoms with Crippen molar-refractivity contribution in [3.05, 3.63) is 41.7 Å². The quantitative estimate of drug-likeness (QED) is 0.848. The number of benzene rings is 1. The zero-order valence-electron chi connectivity index (χ0n) is 10.3. The third-order valence-corrected chi connectivity index (χ3v) is 2.86. The minimum absolute atomic E-state index is 0.147. The summed E-state index contributed by atoms with van der Waals surface area (Å²) in [4.78, 5) is 7.52. The van der Waals surface area contributed by atoms with Crippen LogP contribution in [0.4, 0.5) is 0 Å². The van der Waals surface area contributed by atoms with Crippen LogP contribution in [0.15, 0.2) is 30.5 Å². The number of imidazole rings is 1. The summed E-state index contributed by atoms with van der Waals surface area (Å²) in [6.45, 7) is 4.51. The molecule has 0 amide bonds.